The zero-order chi connectivity index (χ0) is 11.8. The lowest BCUT2D eigenvalue weighted by molar-refractivity contribution is 0.0529. The third kappa shape index (κ3) is 4.53. The third-order valence-electron chi connectivity index (χ3n) is 2.20. The van der Waals surface area contributed by atoms with E-state index in [1.54, 1.807) is 7.11 Å². The van der Waals surface area contributed by atoms with E-state index in [1.807, 2.05) is 18.2 Å². The van der Waals surface area contributed by atoms with Crippen molar-refractivity contribution in [2.45, 2.75) is 12.5 Å². The van der Waals surface area contributed by atoms with Gasteiger partial charge in [0.1, 0.15) is 0 Å². The molecule has 0 N–H and O–H groups in total. The maximum Gasteiger partial charge on any atom is 0.0932 e. The monoisotopic (exact) mass is 350 g/mol. The standard InChI is InChI=1S/C12H16Br2O2/c1-15-7-4-8-16-12(9-13)10-5-2-3-6-11(10)14/h2-3,5-6,12H,4,7-9H2,1H3. The molecule has 0 heterocycles. The van der Waals surface area contributed by atoms with Crippen molar-refractivity contribution >= 4 is 31.9 Å². The first-order valence-electron chi connectivity index (χ1n) is 5.20. The molecule has 1 atom stereocenters. The van der Waals surface area contributed by atoms with E-state index in [2.05, 4.69) is 37.9 Å². The van der Waals surface area contributed by atoms with Gasteiger partial charge in [-0.15, -0.1) is 0 Å². The van der Waals surface area contributed by atoms with Crippen LogP contribution in [0.3, 0.4) is 0 Å². The molecule has 1 unspecified atom stereocenters. The van der Waals surface area contributed by atoms with Crippen LogP contribution in [0.5, 0.6) is 0 Å². The van der Waals surface area contributed by atoms with Crippen molar-refractivity contribution in [2.75, 3.05) is 25.7 Å². The van der Waals surface area contributed by atoms with Gasteiger partial charge in [-0.2, -0.15) is 0 Å². The van der Waals surface area contributed by atoms with Crippen LogP contribution in [0, 0.1) is 0 Å². The van der Waals surface area contributed by atoms with Crippen LogP contribution < -0.4 is 0 Å². The normalized spacial score (nSPS) is 12.7. The summed E-state index contributed by atoms with van der Waals surface area (Å²) in [6.07, 6.45) is 1.01. The van der Waals surface area contributed by atoms with Gasteiger partial charge in [0, 0.05) is 30.1 Å². The Morgan fingerprint density at radius 1 is 1.25 bits per heavy atom. The van der Waals surface area contributed by atoms with Gasteiger partial charge in [0.2, 0.25) is 0 Å². The Labute approximate surface area is 114 Å². The lowest BCUT2D eigenvalue weighted by Gasteiger charge is -2.17. The minimum atomic E-state index is 0.0902. The Balaban J connectivity index is 2.51. The molecular weight excluding hydrogens is 336 g/mol. The number of halogens is 2. The molecule has 1 aromatic rings. The summed E-state index contributed by atoms with van der Waals surface area (Å²) in [5, 5.41) is 0.794. The summed E-state index contributed by atoms with van der Waals surface area (Å²) in [4.78, 5) is 0. The summed E-state index contributed by atoms with van der Waals surface area (Å²) in [5.41, 5.74) is 1.18. The van der Waals surface area contributed by atoms with Gasteiger partial charge in [0.05, 0.1) is 6.10 Å². The average molecular weight is 352 g/mol. The predicted molar refractivity (Wildman–Crippen MR) is 73.1 cm³/mol. The molecule has 1 aromatic carbocycles. The van der Waals surface area contributed by atoms with E-state index in [9.17, 15) is 0 Å². The molecule has 4 heteroatoms. The number of hydrogen-bond acceptors (Lipinski definition) is 2. The molecule has 0 amide bonds. The Bertz CT molecular complexity index is 305. The predicted octanol–water partition coefficient (Wildman–Crippen LogP) is 3.94. The summed E-state index contributed by atoms with van der Waals surface area (Å²) in [7, 11) is 1.70. The lowest BCUT2D eigenvalue weighted by Crippen LogP contribution is -2.09. The number of methoxy groups -OCH3 is 1. The zero-order valence-electron chi connectivity index (χ0n) is 9.29. The molecule has 16 heavy (non-hydrogen) atoms. The molecule has 0 bridgehead atoms. The van der Waals surface area contributed by atoms with Gasteiger partial charge in [-0.3, -0.25) is 0 Å². The lowest BCUT2D eigenvalue weighted by atomic mass is 10.1. The summed E-state index contributed by atoms with van der Waals surface area (Å²) >= 11 is 7.01. The van der Waals surface area contributed by atoms with Crippen LogP contribution in [0.4, 0.5) is 0 Å². The number of hydrogen-bond donors (Lipinski definition) is 0. The van der Waals surface area contributed by atoms with Crippen LogP contribution in [0.15, 0.2) is 28.7 Å². The minimum absolute atomic E-state index is 0.0902. The Morgan fingerprint density at radius 2 is 2.00 bits per heavy atom. The van der Waals surface area contributed by atoms with E-state index in [0.717, 1.165) is 22.8 Å². The number of rotatable bonds is 7. The highest BCUT2D eigenvalue weighted by atomic mass is 79.9. The van der Waals surface area contributed by atoms with Gasteiger partial charge in [-0.25, -0.2) is 0 Å². The van der Waals surface area contributed by atoms with Crippen molar-refractivity contribution in [1.29, 1.82) is 0 Å². The van der Waals surface area contributed by atoms with Crippen molar-refractivity contribution < 1.29 is 9.47 Å². The highest BCUT2D eigenvalue weighted by Gasteiger charge is 2.12. The molecule has 2 nitrogen and oxygen atoms in total. The second kappa shape index (κ2) is 8.23. The van der Waals surface area contributed by atoms with Gasteiger partial charge in [0.25, 0.3) is 0 Å². The maximum atomic E-state index is 5.80. The fraction of sp³-hybridized carbons (Fsp3) is 0.500. The summed E-state index contributed by atoms with van der Waals surface area (Å²) in [5.74, 6) is 0. The molecule has 0 aliphatic carbocycles. The molecule has 0 saturated carbocycles. The fourth-order valence-electron chi connectivity index (χ4n) is 1.38. The maximum absolute atomic E-state index is 5.80. The average Bonchev–Trinajstić information content (AvgIpc) is 2.31. The van der Waals surface area contributed by atoms with Crippen LogP contribution in [-0.4, -0.2) is 25.7 Å². The van der Waals surface area contributed by atoms with Crippen LogP contribution in [-0.2, 0) is 9.47 Å². The van der Waals surface area contributed by atoms with Gasteiger partial charge in [0.15, 0.2) is 0 Å². The molecule has 0 aliphatic rings. The van der Waals surface area contributed by atoms with E-state index >= 15 is 0 Å². The molecule has 0 radical (unpaired) electrons. The van der Waals surface area contributed by atoms with Crippen LogP contribution in [0.2, 0.25) is 0 Å². The Hall–Kier alpha value is 0.1000. The largest absolute Gasteiger partial charge is 0.385 e. The first kappa shape index (κ1) is 14.2. The van der Waals surface area contributed by atoms with Gasteiger partial charge in [-0.1, -0.05) is 50.1 Å². The van der Waals surface area contributed by atoms with Crippen molar-refractivity contribution in [2.24, 2.45) is 0 Å². The quantitative estimate of drug-likeness (QED) is 0.547. The van der Waals surface area contributed by atoms with Crippen molar-refractivity contribution in [3.05, 3.63) is 34.3 Å². The molecule has 0 spiro atoms. The fourth-order valence-corrected chi connectivity index (χ4v) is 2.46. The topological polar surface area (TPSA) is 18.5 Å². The number of ether oxygens (including phenoxy) is 2. The third-order valence-corrected chi connectivity index (χ3v) is 3.51. The van der Waals surface area contributed by atoms with Crippen LogP contribution in [0.1, 0.15) is 18.1 Å². The van der Waals surface area contributed by atoms with E-state index in [1.165, 1.54) is 5.56 Å². The van der Waals surface area contributed by atoms with E-state index in [4.69, 9.17) is 9.47 Å². The Kier molecular flexibility index (Phi) is 7.28. The first-order valence-corrected chi connectivity index (χ1v) is 7.12. The molecule has 0 aromatic heterocycles. The van der Waals surface area contributed by atoms with Crippen LogP contribution in [0.25, 0.3) is 0 Å². The highest BCUT2D eigenvalue weighted by Crippen LogP contribution is 2.27. The molecule has 0 aliphatic heterocycles. The number of benzene rings is 1. The first-order chi connectivity index (χ1) is 7.79. The zero-order valence-corrected chi connectivity index (χ0v) is 12.5. The highest BCUT2D eigenvalue weighted by molar-refractivity contribution is 9.10. The minimum Gasteiger partial charge on any atom is -0.385 e. The van der Waals surface area contributed by atoms with Crippen LogP contribution >= 0.6 is 31.9 Å². The second-order valence-corrected chi connectivity index (χ2v) is 4.88. The van der Waals surface area contributed by atoms with E-state index < -0.39 is 0 Å². The molecular formula is C12H16Br2O2. The Morgan fingerprint density at radius 3 is 2.62 bits per heavy atom. The smallest absolute Gasteiger partial charge is 0.0932 e. The van der Waals surface area contributed by atoms with Crippen molar-refractivity contribution in [1.82, 2.24) is 0 Å². The molecule has 0 fully saturated rings. The summed E-state index contributed by atoms with van der Waals surface area (Å²) in [6, 6.07) is 8.13. The molecule has 90 valence electrons. The molecule has 0 saturated heterocycles. The van der Waals surface area contributed by atoms with Gasteiger partial charge in [-0.05, 0) is 18.1 Å². The number of alkyl halides is 1. The van der Waals surface area contributed by atoms with Gasteiger partial charge >= 0.3 is 0 Å². The van der Waals surface area contributed by atoms with E-state index in [0.29, 0.717) is 6.61 Å². The second-order valence-electron chi connectivity index (χ2n) is 3.38. The summed E-state index contributed by atoms with van der Waals surface area (Å²) < 4.78 is 11.9. The van der Waals surface area contributed by atoms with Gasteiger partial charge < -0.3 is 9.47 Å². The molecule has 1 rings (SSSR count). The summed E-state index contributed by atoms with van der Waals surface area (Å²) in [6.45, 7) is 1.45. The van der Waals surface area contributed by atoms with Crippen molar-refractivity contribution in [3.63, 3.8) is 0 Å². The van der Waals surface area contributed by atoms with E-state index in [-0.39, 0.29) is 6.10 Å². The van der Waals surface area contributed by atoms with Crippen molar-refractivity contribution in [3.8, 4) is 0 Å². The SMILES string of the molecule is COCCCOC(CBr)c1ccccc1Br.